The van der Waals surface area contributed by atoms with Gasteiger partial charge in [-0.2, -0.15) is 0 Å². The molecule has 0 aliphatic heterocycles. The predicted molar refractivity (Wildman–Crippen MR) is 62.9 cm³/mol. The Morgan fingerprint density at radius 2 is 2.40 bits per heavy atom. The minimum Gasteiger partial charge on any atom is -0.369 e. The molecule has 5 heteroatoms. The van der Waals surface area contributed by atoms with E-state index in [1.54, 1.807) is 0 Å². The Morgan fingerprint density at radius 1 is 1.73 bits per heavy atom. The van der Waals surface area contributed by atoms with Crippen molar-refractivity contribution in [1.82, 2.24) is 9.97 Å². The molecule has 1 aliphatic rings. The summed E-state index contributed by atoms with van der Waals surface area (Å²) >= 11 is 3.21. The molecule has 0 bridgehead atoms. The molecule has 1 atom stereocenters. The summed E-state index contributed by atoms with van der Waals surface area (Å²) < 4.78 is 0.475. The van der Waals surface area contributed by atoms with E-state index in [1.807, 2.05) is 0 Å². The van der Waals surface area contributed by atoms with Gasteiger partial charge in [-0.3, -0.25) is 4.79 Å². The van der Waals surface area contributed by atoms with Gasteiger partial charge in [-0.15, -0.1) is 0 Å². The van der Waals surface area contributed by atoms with E-state index in [9.17, 15) is 4.79 Å². The van der Waals surface area contributed by atoms with Crippen molar-refractivity contribution in [3.05, 3.63) is 21.2 Å². The summed E-state index contributed by atoms with van der Waals surface area (Å²) in [6.07, 6.45) is 2.65. The smallest absolute Gasteiger partial charge is 0.267 e. The predicted octanol–water partition coefficient (Wildman–Crippen LogP) is 1.99. The molecule has 0 amide bonds. The first kappa shape index (κ1) is 10.7. The first-order chi connectivity index (χ1) is 7.00. The summed E-state index contributed by atoms with van der Waals surface area (Å²) in [6, 6.07) is 0. The van der Waals surface area contributed by atoms with Gasteiger partial charge >= 0.3 is 0 Å². The zero-order valence-electron chi connectivity index (χ0n) is 8.80. The average Bonchev–Trinajstić information content (AvgIpc) is 2.77. The molecule has 0 saturated heterocycles. The second-order valence-electron chi connectivity index (χ2n) is 4.66. The topological polar surface area (TPSA) is 57.8 Å². The molecule has 1 unspecified atom stereocenters. The van der Waals surface area contributed by atoms with E-state index in [0.29, 0.717) is 21.6 Å². The summed E-state index contributed by atoms with van der Waals surface area (Å²) in [6.45, 7) is 5.38. The third-order valence-electron chi connectivity index (χ3n) is 3.03. The molecule has 15 heavy (non-hydrogen) atoms. The molecule has 1 aliphatic carbocycles. The zero-order chi connectivity index (χ0) is 11.1. The van der Waals surface area contributed by atoms with Crippen molar-refractivity contribution in [3.8, 4) is 0 Å². The second kappa shape index (κ2) is 3.63. The van der Waals surface area contributed by atoms with Gasteiger partial charge in [-0.05, 0) is 33.7 Å². The fourth-order valence-corrected chi connectivity index (χ4v) is 2.01. The van der Waals surface area contributed by atoms with Crippen LogP contribution in [0.3, 0.4) is 0 Å². The highest BCUT2D eigenvalue weighted by molar-refractivity contribution is 9.10. The van der Waals surface area contributed by atoms with Gasteiger partial charge < -0.3 is 10.3 Å². The number of nitrogens with zero attached hydrogens (tertiary/aromatic N) is 1. The maximum atomic E-state index is 11.2. The lowest BCUT2D eigenvalue weighted by atomic mass is 10.1. The van der Waals surface area contributed by atoms with Crippen LogP contribution >= 0.6 is 15.9 Å². The van der Waals surface area contributed by atoms with E-state index < -0.39 is 0 Å². The average molecular weight is 272 g/mol. The second-order valence-corrected chi connectivity index (χ2v) is 5.46. The van der Waals surface area contributed by atoms with E-state index in [4.69, 9.17) is 0 Å². The van der Waals surface area contributed by atoms with Crippen molar-refractivity contribution in [2.75, 3.05) is 11.9 Å². The maximum absolute atomic E-state index is 11.2. The molecule has 0 spiro atoms. The Morgan fingerprint density at radius 3 is 3.00 bits per heavy atom. The van der Waals surface area contributed by atoms with Crippen LogP contribution in [0, 0.1) is 11.3 Å². The fourth-order valence-electron chi connectivity index (χ4n) is 1.65. The summed E-state index contributed by atoms with van der Waals surface area (Å²) in [5.41, 5.74) is 0.295. The van der Waals surface area contributed by atoms with Crippen molar-refractivity contribution < 1.29 is 0 Å². The summed E-state index contributed by atoms with van der Waals surface area (Å²) in [7, 11) is 0. The quantitative estimate of drug-likeness (QED) is 0.884. The molecular formula is C10H14BrN3O. The van der Waals surface area contributed by atoms with Crippen molar-refractivity contribution in [3.63, 3.8) is 0 Å². The Bertz CT molecular complexity index is 427. The third-order valence-corrected chi connectivity index (χ3v) is 3.77. The first-order valence-corrected chi connectivity index (χ1v) is 5.77. The number of rotatable bonds is 3. The van der Waals surface area contributed by atoms with Gasteiger partial charge in [-0.25, -0.2) is 4.98 Å². The molecule has 1 fully saturated rings. The van der Waals surface area contributed by atoms with Gasteiger partial charge in [-0.1, -0.05) is 13.8 Å². The Hall–Kier alpha value is -0.840. The van der Waals surface area contributed by atoms with Gasteiger partial charge in [0.05, 0.1) is 6.33 Å². The van der Waals surface area contributed by atoms with Crippen LogP contribution in [-0.2, 0) is 0 Å². The standard InChI is InChI=1S/C10H14BrN3O/c1-10(2)3-6(10)4-12-8-7(11)9(15)14-5-13-8/h5-6H,3-4H2,1-2H3,(H2,12,13,14,15). The molecule has 1 aromatic rings. The lowest BCUT2D eigenvalue weighted by Gasteiger charge is -2.07. The van der Waals surface area contributed by atoms with E-state index >= 15 is 0 Å². The Labute approximate surface area is 96.6 Å². The molecule has 0 radical (unpaired) electrons. The van der Waals surface area contributed by atoms with Gasteiger partial charge in [0.25, 0.3) is 5.56 Å². The zero-order valence-corrected chi connectivity index (χ0v) is 10.4. The lowest BCUT2D eigenvalue weighted by Crippen LogP contribution is -2.14. The SMILES string of the molecule is CC1(C)CC1CNc1nc[nH]c(=O)c1Br. The molecule has 2 N–H and O–H groups in total. The molecule has 1 aromatic heterocycles. The summed E-state index contributed by atoms with van der Waals surface area (Å²) in [5.74, 6) is 1.31. The number of H-pyrrole nitrogens is 1. The van der Waals surface area contributed by atoms with Crippen molar-refractivity contribution in [1.29, 1.82) is 0 Å². The minimum atomic E-state index is -0.150. The monoisotopic (exact) mass is 271 g/mol. The van der Waals surface area contributed by atoms with Crippen LogP contribution in [0.15, 0.2) is 15.6 Å². The Kier molecular flexibility index (Phi) is 2.58. The van der Waals surface area contributed by atoms with Crippen LogP contribution in [0.25, 0.3) is 0 Å². The normalized spacial score (nSPS) is 22.5. The number of anilines is 1. The van der Waals surface area contributed by atoms with Crippen LogP contribution in [0.2, 0.25) is 0 Å². The number of aromatic nitrogens is 2. The van der Waals surface area contributed by atoms with Crippen molar-refractivity contribution >= 4 is 21.7 Å². The first-order valence-electron chi connectivity index (χ1n) is 4.98. The molecule has 2 rings (SSSR count). The number of halogens is 1. The van der Waals surface area contributed by atoms with Crippen molar-refractivity contribution in [2.24, 2.45) is 11.3 Å². The minimum absolute atomic E-state index is 0.150. The highest BCUT2D eigenvalue weighted by Gasteiger charge is 2.45. The molecule has 82 valence electrons. The number of hydrogen-bond acceptors (Lipinski definition) is 3. The summed E-state index contributed by atoms with van der Waals surface area (Å²) in [4.78, 5) is 17.8. The van der Waals surface area contributed by atoms with Crippen LogP contribution in [0.1, 0.15) is 20.3 Å². The largest absolute Gasteiger partial charge is 0.369 e. The van der Waals surface area contributed by atoms with E-state index in [2.05, 4.69) is 45.1 Å². The summed E-state index contributed by atoms with van der Waals surface area (Å²) in [5, 5.41) is 3.19. The highest BCUT2D eigenvalue weighted by Crippen LogP contribution is 2.51. The van der Waals surface area contributed by atoms with Crippen LogP contribution < -0.4 is 10.9 Å². The van der Waals surface area contributed by atoms with Crippen LogP contribution in [0.4, 0.5) is 5.82 Å². The number of aromatic amines is 1. The van der Waals surface area contributed by atoms with Crippen LogP contribution in [-0.4, -0.2) is 16.5 Å². The van der Waals surface area contributed by atoms with Gasteiger partial charge in [0.2, 0.25) is 0 Å². The molecule has 4 nitrogen and oxygen atoms in total. The number of hydrogen-bond donors (Lipinski definition) is 2. The molecule has 1 heterocycles. The Balaban J connectivity index is 2.00. The van der Waals surface area contributed by atoms with Gasteiger partial charge in [0.1, 0.15) is 10.3 Å². The van der Waals surface area contributed by atoms with E-state index in [-0.39, 0.29) is 5.56 Å². The van der Waals surface area contributed by atoms with Crippen LogP contribution in [0.5, 0.6) is 0 Å². The molecule has 1 saturated carbocycles. The van der Waals surface area contributed by atoms with Crippen molar-refractivity contribution in [2.45, 2.75) is 20.3 Å². The molecular weight excluding hydrogens is 258 g/mol. The highest BCUT2D eigenvalue weighted by atomic mass is 79.9. The van der Waals surface area contributed by atoms with Gasteiger partial charge in [0, 0.05) is 6.54 Å². The van der Waals surface area contributed by atoms with Gasteiger partial charge in [0.15, 0.2) is 0 Å². The number of nitrogens with one attached hydrogen (secondary N) is 2. The van der Waals surface area contributed by atoms with E-state index in [1.165, 1.54) is 12.7 Å². The fraction of sp³-hybridized carbons (Fsp3) is 0.600. The van der Waals surface area contributed by atoms with E-state index in [0.717, 1.165) is 6.54 Å². The third kappa shape index (κ3) is 2.22. The lowest BCUT2D eigenvalue weighted by molar-refractivity contribution is 0.572. The molecule has 0 aromatic carbocycles. The maximum Gasteiger partial charge on any atom is 0.267 e.